The molecule has 0 fully saturated rings. The van der Waals surface area contributed by atoms with E-state index in [1.54, 1.807) is 29.2 Å². The molecular weight excluding hydrogens is 347 g/mol. The van der Waals surface area contributed by atoms with Crippen LogP contribution in [-0.2, 0) is 0 Å². The van der Waals surface area contributed by atoms with Gasteiger partial charge in [0.05, 0.1) is 33.5 Å². The molecule has 0 saturated carbocycles. The van der Waals surface area contributed by atoms with E-state index >= 15 is 0 Å². The van der Waals surface area contributed by atoms with Crippen LogP contribution in [0.2, 0.25) is 10.0 Å². The Kier molecular flexibility index (Phi) is 4.73. The van der Waals surface area contributed by atoms with Crippen molar-refractivity contribution < 1.29 is 4.79 Å². The number of hydrogen-bond acceptors (Lipinski definition) is 4. The minimum Gasteiger partial charge on any atom is -0.323 e. The van der Waals surface area contributed by atoms with Crippen molar-refractivity contribution >= 4 is 40.8 Å². The van der Waals surface area contributed by atoms with Gasteiger partial charge >= 0.3 is 0 Å². The Bertz CT molecular complexity index is 815. The molecule has 0 unspecified atom stereocenters. The molecule has 1 aliphatic rings. The highest BCUT2D eigenvalue weighted by Crippen LogP contribution is 2.30. The van der Waals surface area contributed by atoms with E-state index in [0.717, 1.165) is 5.69 Å². The number of carbonyl (C=O) groups is 1. The monoisotopic (exact) mass is 362 g/mol. The van der Waals surface area contributed by atoms with Crippen LogP contribution in [0.4, 0.5) is 5.69 Å². The van der Waals surface area contributed by atoms with Gasteiger partial charge in [0.25, 0.3) is 5.91 Å². The zero-order valence-electron chi connectivity index (χ0n) is 13.3. The quantitative estimate of drug-likeness (QED) is 0.880. The van der Waals surface area contributed by atoms with E-state index in [1.165, 1.54) is 0 Å². The molecule has 0 spiro atoms. The third-order valence-corrected chi connectivity index (χ3v) is 4.37. The summed E-state index contributed by atoms with van der Waals surface area (Å²) in [5.74, 6) is 0.293. The van der Waals surface area contributed by atoms with Crippen molar-refractivity contribution in [2.45, 2.75) is 13.8 Å². The minimum absolute atomic E-state index is 0.146. The lowest BCUT2D eigenvalue weighted by Crippen LogP contribution is -2.38. The molecule has 24 heavy (non-hydrogen) atoms. The first-order valence-electron chi connectivity index (χ1n) is 7.49. The first-order chi connectivity index (χ1) is 11.5. The van der Waals surface area contributed by atoms with Gasteiger partial charge in [-0.3, -0.25) is 19.7 Å². The summed E-state index contributed by atoms with van der Waals surface area (Å²) >= 11 is 12.4. The van der Waals surface area contributed by atoms with E-state index in [1.807, 2.05) is 19.9 Å². The van der Waals surface area contributed by atoms with E-state index in [-0.39, 0.29) is 5.91 Å². The van der Waals surface area contributed by atoms with Gasteiger partial charge in [0, 0.05) is 12.2 Å². The van der Waals surface area contributed by atoms with Crippen molar-refractivity contribution in [2.24, 2.45) is 4.99 Å². The van der Waals surface area contributed by atoms with Crippen LogP contribution in [0.15, 0.2) is 35.3 Å². The number of amides is 1. The molecule has 7 heteroatoms. The Hall–Kier alpha value is -2.11. The maximum absolute atomic E-state index is 12.8. The molecule has 1 amide bonds. The average molecular weight is 363 g/mol. The lowest BCUT2D eigenvalue weighted by molar-refractivity contribution is 0.0856. The van der Waals surface area contributed by atoms with Crippen LogP contribution in [0.1, 0.15) is 21.7 Å². The first kappa shape index (κ1) is 16.7. The van der Waals surface area contributed by atoms with Crippen molar-refractivity contribution in [1.29, 1.82) is 0 Å². The van der Waals surface area contributed by atoms with Gasteiger partial charge < -0.3 is 5.32 Å². The molecule has 5 nitrogen and oxygen atoms in total. The molecule has 1 aliphatic heterocycles. The lowest BCUT2D eigenvalue weighted by atomic mass is 10.1. The zero-order chi connectivity index (χ0) is 17.3. The number of halogens is 2. The maximum Gasteiger partial charge on any atom is 0.262 e. The van der Waals surface area contributed by atoms with Crippen molar-refractivity contribution in [2.75, 3.05) is 18.4 Å². The molecule has 2 heterocycles. The van der Waals surface area contributed by atoms with Crippen molar-refractivity contribution in [3.63, 3.8) is 0 Å². The van der Waals surface area contributed by atoms with Crippen molar-refractivity contribution in [3.05, 3.63) is 57.3 Å². The average Bonchev–Trinajstić information content (AvgIpc) is 2.99. The topological polar surface area (TPSA) is 57.6 Å². The van der Waals surface area contributed by atoms with Crippen molar-refractivity contribution in [1.82, 2.24) is 9.88 Å². The number of hydrogen-bond donors (Lipinski definition) is 1. The second-order valence-corrected chi connectivity index (χ2v) is 6.28. The number of aliphatic imine (C=N–C) groups is 1. The lowest BCUT2D eigenvalue weighted by Gasteiger charge is -2.21. The predicted molar refractivity (Wildman–Crippen MR) is 97.1 cm³/mol. The highest BCUT2D eigenvalue weighted by Gasteiger charge is 2.27. The normalized spacial score (nSPS) is 13.8. The number of anilines is 1. The van der Waals surface area contributed by atoms with E-state index in [2.05, 4.69) is 15.3 Å². The Morgan fingerprint density at radius 3 is 2.54 bits per heavy atom. The van der Waals surface area contributed by atoms with Crippen LogP contribution in [0, 0.1) is 13.8 Å². The van der Waals surface area contributed by atoms with E-state index in [4.69, 9.17) is 23.2 Å². The van der Waals surface area contributed by atoms with Crippen LogP contribution < -0.4 is 5.32 Å². The molecule has 124 valence electrons. The van der Waals surface area contributed by atoms with Crippen LogP contribution in [0.25, 0.3) is 0 Å². The predicted octanol–water partition coefficient (Wildman–Crippen LogP) is 3.93. The Balaban J connectivity index is 1.87. The van der Waals surface area contributed by atoms with Gasteiger partial charge in [0.1, 0.15) is 0 Å². The van der Waals surface area contributed by atoms with Crippen LogP contribution in [0.3, 0.4) is 0 Å². The van der Waals surface area contributed by atoms with Crippen LogP contribution in [-0.4, -0.2) is 34.8 Å². The SMILES string of the molecule is Cc1ccc(C(=O)N2CCN=C2Nc2c(Cl)cccc2Cl)c(C)n1. The number of pyridine rings is 1. The summed E-state index contributed by atoms with van der Waals surface area (Å²) in [5, 5.41) is 4.02. The summed E-state index contributed by atoms with van der Waals surface area (Å²) in [4.78, 5) is 23.1. The van der Waals surface area contributed by atoms with Gasteiger partial charge in [-0.05, 0) is 38.1 Å². The molecule has 2 aromatic rings. The minimum atomic E-state index is -0.146. The second kappa shape index (κ2) is 6.79. The Morgan fingerprint density at radius 1 is 1.17 bits per heavy atom. The number of para-hydroxylation sites is 1. The van der Waals surface area contributed by atoms with Crippen LogP contribution >= 0.6 is 23.2 Å². The standard InChI is InChI=1S/C17H16Cl2N4O/c1-10-6-7-12(11(2)21-10)16(24)23-9-8-20-17(23)22-15-13(18)4-3-5-14(15)19/h3-7H,8-9H2,1-2H3,(H,20,22). The molecule has 3 rings (SSSR count). The molecule has 0 radical (unpaired) electrons. The second-order valence-electron chi connectivity index (χ2n) is 5.47. The summed E-state index contributed by atoms with van der Waals surface area (Å²) in [6, 6.07) is 8.83. The van der Waals surface area contributed by atoms with E-state index in [0.29, 0.717) is 46.0 Å². The number of nitrogens with zero attached hydrogens (tertiary/aromatic N) is 3. The maximum atomic E-state index is 12.8. The fourth-order valence-corrected chi connectivity index (χ4v) is 3.03. The number of benzene rings is 1. The molecule has 1 N–H and O–H groups in total. The summed E-state index contributed by atoms with van der Waals surface area (Å²) < 4.78 is 0. The fraction of sp³-hybridized carbons (Fsp3) is 0.235. The fourth-order valence-electron chi connectivity index (χ4n) is 2.54. The number of rotatable bonds is 2. The Labute approximate surface area is 150 Å². The van der Waals surface area contributed by atoms with Crippen LogP contribution in [0.5, 0.6) is 0 Å². The molecule has 1 aromatic carbocycles. The van der Waals surface area contributed by atoms with Gasteiger partial charge in [-0.15, -0.1) is 0 Å². The summed E-state index contributed by atoms with van der Waals surface area (Å²) in [6.45, 7) is 4.74. The third kappa shape index (κ3) is 3.23. The summed E-state index contributed by atoms with van der Waals surface area (Å²) in [7, 11) is 0. The molecule has 0 saturated heterocycles. The third-order valence-electron chi connectivity index (χ3n) is 3.74. The first-order valence-corrected chi connectivity index (χ1v) is 8.24. The summed E-state index contributed by atoms with van der Waals surface area (Å²) in [5.41, 5.74) is 2.67. The molecule has 0 bridgehead atoms. The smallest absolute Gasteiger partial charge is 0.262 e. The molecular formula is C17H16Cl2N4O. The largest absolute Gasteiger partial charge is 0.323 e. The molecule has 1 aromatic heterocycles. The molecule has 0 aliphatic carbocycles. The summed E-state index contributed by atoms with van der Waals surface area (Å²) in [6.07, 6.45) is 0. The molecule has 0 atom stereocenters. The number of nitrogens with one attached hydrogen (secondary N) is 1. The highest BCUT2D eigenvalue weighted by molar-refractivity contribution is 6.40. The van der Waals surface area contributed by atoms with E-state index < -0.39 is 0 Å². The Morgan fingerprint density at radius 2 is 1.88 bits per heavy atom. The zero-order valence-corrected chi connectivity index (χ0v) is 14.8. The number of carbonyl (C=O) groups excluding carboxylic acids is 1. The van der Waals surface area contributed by atoms with Crippen molar-refractivity contribution in [3.8, 4) is 0 Å². The van der Waals surface area contributed by atoms with Gasteiger partial charge in [-0.2, -0.15) is 0 Å². The number of aromatic nitrogens is 1. The van der Waals surface area contributed by atoms with Gasteiger partial charge in [0.15, 0.2) is 0 Å². The van der Waals surface area contributed by atoms with Gasteiger partial charge in [-0.25, -0.2) is 0 Å². The number of aryl methyl sites for hydroxylation is 2. The number of guanidine groups is 1. The highest BCUT2D eigenvalue weighted by atomic mass is 35.5. The van der Waals surface area contributed by atoms with Gasteiger partial charge in [0.2, 0.25) is 5.96 Å². The van der Waals surface area contributed by atoms with E-state index in [9.17, 15) is 4.79 Å². The van der Waals surface area contributed by atoms with Gasteiger partial charge in [-0.1, -0.05) is 29.3 Å².